The molecule has 2 aromatic carbocycles. The largest absolute Gasteiger partial charge is 0.420 e. The van der Waals surface area contributed by atoms with E-state index in [-0.39, 0.29) is 17.6 Å². The number of piperidine rings is 1. The lowest BCUT2D eigenvalue weighted by Gasteiger charge is -2.30. The smallest absolute Gasteiger partial charge is 0.247 e. The number of nitrogens with zero attached hydrogens (tertiary/aromatic N) is 3. The first-order chi connectivity index (χ1) is 13.6. The van der Waals surface area contributed by atoms with E-state index >= 15 is 0 Å². The minimum Gasteiger partial charge on any atom is -0.420 e. The van der Waals surface area contributed by atoms with Crippen LogP contribution >= 0.6 is 11.6 Å². The number of carbonyl (C=O) groups excluding carboxylic acids is 1. The van der Waals surface area contributed by atoms with Gasteiger partial charge in [0.15, 0.2) is 0 Å². The van der Waals surface area contributed by atoms with Gasteiger partial charge in [0.05, 0.1) is 6.42 Å². The molecule has 28 heavy (non-hydrogen) atoms. The van der Waals surface area contributed by atoms with Crippen molar-refractivity contribution in [2.24, 2.45) is 0 Å². The van der Waals surface area contributed by atoms with Crippen LogP contribution in [0.2, 0.25) is 5.02 Å². The van der Waals surface area contributed by atoms with Crippen LogP contribution in [0.3, 0.4) is 0 Å². The van der Waals surface area contributed by atoms with E-state index < -0.39 is 0 Å². The van der Waals surface area contributed by atoms with Crippen LogP contribution in [0.1, 0.15) is 30.2 Å². The molecular formula is C21H19ClFN3O2. The molecule has 4 rings (SSSR count). The van der Waals surface area contributed by atoms with Gasteiger partial charge in [0.25, 0.3) is 0 Å². The third-order valence-electron chi connectivity index (χ3n) is 5.00. The van der Waals surface area contributed by atoms with Crippen molar-refractivity contribution >= 4 is 17.5 Å². The number of hydrogen-bond acceptors (Lipinski definition) is 4. The van der Waals surface area contributed by atoms with Crippen LogP contribution in [0.15, 0.2) is 52.9 Å². The van der Waals surface area contributed by atoms with E-state index in [1.807, 2.05) is 17.0 Å². The van der Waals surface area contributed by atoms with E-state index in [9.17, 15) is 9.18 Å². The first kappa shape index (κ1) is 18.6. The van der Waals surface area contributed by atoms with Crippen LogP contribution in [-0.4, -0.2) is 34.1 Å². The monoisotopic (exact) mass is 399 g/mol. The molecule has 1 amide bonds. The highest BCUT2D eigenvalue weighted by atomic mass is 35.5. The van der Waals surface area contributed by atoms with Crippen molar-refractivity contribution in [3.05, 3.63) is 70.8 Å². The normalized spacial score (nSPS) is 15.0. The molecule has 2 heterocycles. The molecule has 0 saturated carbocycles. The molecule has 1 aliphatic heterocycles. The maximum atomic E-state index is 13.1. The van der Waals surface area contributed by atoms with Gasteiger partial charge < -0.3 is 9.32 Å². The zero-order chi connectivity index (χ0) is 19.5. The molecule has 1 fully saturated rings. The fourth-order valence-electron chi connectivity index (χ4n) is 3.37. The first-order valence-corrected chi connectivity index (χ1v) is 9.58. The van der Waals surface area contributed by atoms with Gasteiger partial charge >= 0.3 is 0 Å². The highest BCUT2D eigenvalue weighted by Gasteiger charge is 2.27. The van der Waals surface area contributed by atoms with Crippen LogP contribution in [0.25, 0.3) is 11.5 Å². The van der Waals surface area contributed by atoms with E-state index in [2.05, 4.69) is 10.2 Å². The summed E-state index contributed by atoms with van der Waals surface area (Å²) in [5, 5.41) is 8.90. The van der Waals surface area contributed by atoms with Crippen molar-refractivity contribution in [2.45, 2.75) is 25.2 Å². The number of amides is 1. The fraction of sp³-hybridized carbons (Fsp3) is 0.286. The maximum Gasteiger partial charge on any atom is 0.247 e. The Morgan fingerprint density at radius 3 is 2.43 bits per heavy atom. The van der Waals surface area contributed by atoms with Gasteiger partial charge in [-0.1, -0.05) is 23.7 Å². The van der Waals surface area contributed by atoms with Crippen molar-refractivity contribution in [1.82, 2.24) is 15.1 Å². The van der Waals surface area contributed by atoms with Crippen molar-refractivity contribution in [3.63, 3.8) is 0 Å². The quantitative estimate of drug-likeness (QED) is 0.649. The predicted octanol–water partition coefficient (Wildman–Crippen LogP) is 4.48. The van der Waals surface area contributed by atoms with Gasteiger partial charge in [-0.15, -0.1) is 10.2 Å². The van der Waals surface area contributed by atoms with Crippen LogP contribution < -0.4 is 0 Å². The molecule has 7 heteroatoms. The summed E-state index contributed by atoms with van der Waals surface area (Å²) in [5.41, 5.74) is 1.65. The molecule has 144 valence electrons. The molecule has 0 bridgehead atoms. The molecule has 0 unspecified atom stereocenters. The van der Waals surface area contributed by atoms with E-state index in [4.69, 9.17) is 16.0 Å². The zero-order valence-electron chi connectivity index (χ0n) is 15.1. The first-order valence-electron chi connectivity index (χ1n) is 9.20. The van der Waals surface area contributed by atoms with Gasteiger partial charge in [0.1, 0.15) is 5.82 Å². The molecule has 1 saturated heterocycles. The summed E-state index contributed by atoms with van der Waals surface area (Å²) in [7, 11) is 0. The Balaban J connectivity index is 1.34. The average molecular weight is 400 g/mol. The standard InChI is InChI=1S/C21H19ClFN3O2/c22-17-5-1-14(2-6-17)13-19(27)26-11-9-16(10-12-26)21-25-24-20(28-21)15-3-7-18(23)8-4-15/h1-8,16H,9-13H2. The number of benzene rings is 2. The summed E-state index contributed by atoms with van der Waals surface area (Å²) >= 11 is 5.89. The number of carbonyl (C=O) groups is 1. The molecule has 0 spiro atoms. The second-order valence-electron chi connectivity index (χ2n) is 6.91. The van der Waals surface area contributed by atoms with Crippen LogP contribution in [0.4, 0.5) is 4.39 Å². The van der Waals surface area contributed by atoms with Gasteiger partial charge in [-0.25, -0.2) is 4.39 Å². The minimum absolute atomic E-state index is 0.110. The summed E-state index contributed by atoms with van der Waals surface area (Å²) < 4.78 is 18.8. The van der Waals surface area contributed by atoms with Crippen LogP contribution in [0, 0.1) is 5.82 Å². The van der Waals surface area contributed by atoms with Gasteiger partial charge in [0, 0.05) is 29.6 Å². The van der Waals surface area contributed by atoms with Crippen molar-refractivity contribution in [2.75, 3.05) is 13.1 Å². The molecular weight excluding hydrogens is 381 g/mol. The summed E-state index contributed by atoms with van der Waals surface area (Å²) in [6.45, 7) is 1.32. The Bertz CT molecular complexity index is 949. The van der Waals surface area contributed by atoms with E-state index in [1.54, 1.807) is 24.3 Å². The highest BCUT2D eigenvalue weighted by molar-refractivity contribution is 6.30. The Labute approximate surface area is 167 Å². The topological polar surface area (TPSA) is 59.2 Å². The Morgan fingerprint density at radius 1 is 1.07 bits per heavy atom. The Morgan fingerprint density at radius 2 is 1.75 bits per heavy atom. The Hall–Kier alpha value is -2.73. The van der Waals surface area contributed by atoms with E-state index in [1.165, 1.54) is 12.1 Å². The van der Waals surface area contributed by atoms with Crippen LogP contribution in [0.5, 0.6) is 0 Å². The van der Waals surface area contributed by atoms with Crippen molar-refractivity contribution in [3.8, 4) is 11.5 Å². The van der Waals surface area contributed by atoms with E-state index in [0.717, 1.165) is 18.4 Å². The average Bonchev–Trinajstić information content (AvgIpc) is 3.20. The van der Waals surface area contributed by atoms with Crippen molar-refractivity contribution < 1.29 is 13.6 Å². The molecule has 0 N–H and O–H groups in total. The highest BCUT2D eigenvalue weighted by Crippen LogP contribution is 2.29. The molecule has 3 aromatic rings. The zero-order valence-corrected chi connectivity index (χ0v) is 15.9. The summed E-state index contributed by atoms with van der Waals surface area (Å²) in [6, 6.07) is 13.3. The number of hydrogen-bond donors (Lipinski definition) is 0. The SMILES string of the molecule is O=C(Cc1ccc(Cl)cc1)N1CCC(c2nnc(-c3ccc(F)cc3)o2)CC1. The second-order valence-corrected chi connectivity index (χ2v) is 7.35. The maximum absolute atomic E-state index is 13.1. The lowest BCUT2D eigenvalue weighted by Crippen LogP contribution is -2.38. The number of likely N-dealkylation sites (tertiary alicyclic amines) is 1. The number of rotatable bonds is 4. The molecule has 0 atom stereocenters. The fourth-order valence-corrected chi connectivity index (χ4v) is 3.50. The molecule has 0 aliphatic carbocycles. The predicted molar refractivity (Wildman–Crippen MR) is 103 cm³/mol. The molecule has 5 nitrogen and oxygen atoms in total. The lowest BCUT2D eigenvalue weighted by atomic mass is 9.96. The van der Waals surface area contributed by atoms with Gasteiger partial charge in [-0.05, 0) is 54.8 Å². The van der Waals surface area contributed by atoms with Crippen LogP contribution in [-0.2, 0) is 11.2 Å². The lowest BCUT2D eigenvalue weighted by molar-refractivity contribution is -0.131. The summed E-state index contributed by atoms with van der Waals surface area (Å²) in [6.07, 6.45) is 1.92. The second kappa shape index (κ2) is 8.10. The Kier molecular flexibility index (Phi) is 5.39. The summed E-state index contributed by atoms with van der Waals surface area (Å²) in [5.74, 6) is 0.888. The molecule has 1 aliphatic rings. The van der Waals surface area contributed by atoms with Crippen molar-refractivity contribution in [1.29, 1.82) is 0 Å². The van der Waals surface area contributed by atoms with Gasteiger partial charge in [-0.3, -0.25) is 4.79 Å². The number of aromatic nitrogens is 2. The molecule has 0 radical (unpaired) electrons. The van der Waals surface area contributed by atoms with Gasteiger partial charge in [0.2, 0.25) is 17.7 Å². The van der Waals surface area contributed by atoms with Gasteiger partial charge in [-0.2, -0.15) is 0 Å². The summed E-state index contributed by atoms with van der Waals surface area (Å²) in [4.78, 5) is 14.4. The van der Waals surface area contributed by atoms with E-state index in [0.29, 0.717) is 41.9 Å². The third-order valence-corrected chi connectivity index (χ3v) is 5.25. The third kappa shape index (κ3) is 4.22. The minimum atomic E-state index is -0.306. The number of halogens is 2. The molecule has 1 aromatic heterocycles.